The van der Waals surface area contributed by atoms with E-state index < -0.39 is 16.4 Å². The first kappa shape index (κ1) is 16.3. The van der Waals surface area contributed by atoms with Crippen LogP contribution in [0.1, 0.15) is 24.4 Å². The van der Waals surface area contributed by atoms with Crippen molar-refractivity contribution >= 4 is 5.69 Å². The van der Waals surface area contributed by atoms with Gasteiger partial charge in [0.1, 0.15) is 0 Å². The van der Waals surface area contributed by atoms with E-state index in [2.05, 4.69) is 15.1 Å². The van der Waals surface area contributed by atoms with Gasteiger partial charge >= 0.3 is 5.69 Å². The monoisotopic (exact) mass is 322 g/mol. The van der Waals surface area contributed by atoms with Gasteiger partial charge in [0.05, 0.1) is 4.92 Å². The lowest BCUT2D eigenvalue weighted by molar-refractivity contribution is -0.387. The molecule has 0 saturated carbocycles. The van der Waals surface area contributed by atoms with E-state index in [1.165, 1.54) is 12.1 Å². The number of rotatable bonds is 5. The summed E-state index contributed by atoms with van der Waals surface area (Å²) < 4.78 is 13.6. The predicted octanol–water partition coefficient (Wildman–Crippen LogP) is 1.78. The molecule has 2 aliphatic heterocycles. The van der Waals surface area contributed by atoms with Crippen molar-refractivity contribution in [3.8, 4) is 0 Å². The van der Waals surface area contributed by atoms with Gasteiger partial charge in [-0.3, -0.25) is 19.9 Å². The molecule has 1 unspecified atom stereocenters. The lowest BCUT2D eigenvalue weighted by Gasteiger charge is -2.35. The van der Waals surface area contributed by atoms with Crippen LogP contribution in [0.4, 0.5) is 10.1 Å². The fourth-order valence-electron chi connectivity index (χ4n) is 3.50. The molecule has 0 radical (unpaired) electrons. The van der Waals surface area contributed by atoms with Gasteiger partial charge in [-0.15, -0.1) is 0 Å². The van der Waals surface area contributed by atoms with E-state index in [0.29, 0.717) is 0 Å². The lowest BCUT2D eigenvalue weighted by Crippen LogP contribution is -2.47. The fourth-order valence-corrected chi connectivity index (χ4v) is 3.50. The van der Waals surface area contributed by atoms with Crippen LogP contribution in [0, 0.1) is 15.9 Å². The summed E-state index contributed by atoms with van der Waals surface area (Å²) >= 11 is 0. The molecule has 0 aromatic heterocycles. The van der Waals surface area contributed by atoms with Crippen molar-refractivity contribution in [2.24, 2.45) is 0 Å². The summed E-state index contributed by atoms with van der Waals surface area (Å²) in [5, 5.41) is 14.4. The van der Waals surface area contributed by atoms with Gasteiger partial charge in [0.25, 0.3) is 0 Å². The minimum Gasteiger partial charge on any atom is -0.314 e. The highest BCUT2D eigenvalue weighted by atomic mass is 19.1. The van der Waals surface area contributed by atoms with Crippen molar-refractivity contribution in [1.29, 1.82) is 0 Å². The maximum Gasteiger partial charge on any atom is 0.305 e. The van der Waals surface area contributed by atoms with Crippen molar-refractivity contribution in [1.82, 2.24) is 15.1 Å². The first-order chi connectivity index (χ1) is 11.1. The third-order valence-electron chi connectivity index (χ3n) is 4.77. The highest BCUT2D eigenvalue weighted by Crippen LogP contribution is 2.29. The SMILES string of the molecule is O=[N+]([O-])c1cc(C(CN2CCNCC2)N2CCCC2)ccc1F. The third kappa shape index (κ3) is 3.85. The second-order valence-electron chi connectivity index (χ2n) is 6.28. The van der Waals surface area contributed by atoms with Crippen LogP contribution in [-0.2, 0) is 0 Å². The predicted molar refractivity (Wildman–Crippen MR) is 85.9 cm³/mol. The quantitative estimate of drug-likeness (QED) is 0.661. The molecule has 2 heterocycles. The Balaban J connectivity index is 1.84. The number of piperazine rings is 1. The van der Waals surface area contributed by atoms with E-state index in [9.17, 15) is 14.5 Å². The standard InChI is InChI=1S/C16H23FN4O2/c17-14-4-3-13(11-15(14)21(22)23)16(20-7-1-2-8-20)12-19-9-5-18-6-10-19/h3-4,11,16,18H,1-2,5-10,12H2. The number of halogens is 1. The average molecular weight is 322 g/mol. The highest BCUT2D eigenvalue weighted by Gasteiger charge is 2.28. The lowest BCUT2D eigenvalue weighted by atomic mass is 10.0. The zero-order valence-electron chi connectivity index (χ0n) is 13.2. The van der Waals surface area contributed by atoms with Crippen molar-refractivity contribution < 1.29 is 9.31 Å². The van der Waals surface area contributed by atoms with Crippen LogP contribution in [0.25, 0.3) is 0 Å². The minimum absolute atomic E-state index is 0.0925. The zero-order valence-corrected chi connectivity index (χ0v) is 13.2. The van der Waals surface area contributed by atoms with Gasteiger partial charge in [-0.2, -0.15) is 4.39 Å². The maximum atomic E-state index is 13.6. The van der Waals surface area contributed by atoms with E-state index in [4.69, 9.17) is 0 Å². The Morgan fingerprint density at radius 1 is 1.22 bits per heavy atom. The van der Waals surface area contributed by atoms with E-state index >= 15 is 0 Å². The molecule has 0 bridgehead atoms. The number of nitrogens with one attached hydrogen (secondary N) is 1. The highest BCUT2D eigenvalue weighted by molar-refractivity contribution is 5.37. The molecule has 1 aromatic rings. The summed E-state index contributed by atoms with van der Waals surface area (Å²) in [6, 6.07) is 4.44. The summed E-state index contributed by atoms with van der Waals surface area (Å²) in [6.07, 6.45) is 2.31. The van der Waals surface area contributed by atoms with Gasteiger partial charge < -0.3 is 5.32 Å². The number of nitro groups is 1. The summed E-state index contributed by atoms with van der Waals surface area (Å²) in [4.78, 5) is 15.2. The molecule has 0 amide bonds. The molecule has 6 nitrogen and oxygen atoms in total. The maximum absolute atomic E-state index is 13.6. The number of nitro benzene ring substituents is 1. The van der Waals surface area contributed by atoms with Gasteiger partial charge in [-0.1, -0.05) is 6.07 Å². The molecule has 0 aliphatic carbocycles. The van der Waals surface area contributed by atoms with Crippen LogP contribution < -0.4 is 5.32 Å². The fraction of sp³-hybridized carbons (Fsp3) is 0.625. The van der Waals surface area contributed by atoms with Crippen LogP contribution in [0.2, 0.25) is 0 Å². The van der Waals surface area contributed by atoms with Gasteiger partial charge in [-0.05, 0) is 37.6 Å². The molecule has 2 saturated heterocycles. The molecule has 3 rings (SSSR count). The van der Waals surface area contributed by atoms with Gasteiger partial charge in [0, 0.05) is 44.8 Å². The molecular formula is C16H23FN4O2. The van der Waals surface area contributed by atoms with E-state index in [-0.39, 0.29) is 6.04 Å². The van der Waals surface area contributed by atoms with Crippen LogP contribution >= 0.6 is 0 Å². The van der Waals surface area contributed by atoms with E-state index in [1.54, 1.807) is 6.07 Å². The molecule has 23 heavy (non-hydrogen) atoms. The molecular weight excluding hydrogens is 299 g/mol. The molecule has 1 N–H and O–H groups in total. The molecule has 2 fully saturated rings. The molecule has 2 aliphatic rings. The zero-order chi connectivity index (χ0) is 16.2. The van der Waals surface area contributed by atoms with Crippen molar-refractivity contribution in [3.05, 3.63) is 39.7 Å². The van der Waals surface area contributed by atoms with Crippen molar-refractivity contribution in [3.63, 3.8) is 0 Å². The molecule has 126 valence electrons. The molecule has 7 heteroatoms. The van der Waals surface area contributed by atoms with E-state index in [1.807, 2.05) is 0 Å². The van der Waals surface area contributed by atoms with Crippen LogP contribution in [0.5, 0.6) is 0 Å². The number of hydrogen-bond acceptors (Lipinski definition) is 5. The van der Waals surface area contributed by atoms with Gasteiger partial charge in [0.2, 0.25) is 5.82 Å². The van der Waals surface area contributed by atoms with Crippen molar-refractivity contribution in [2.75, 3.05) is 45.8 Å². The number of nitrogens with zero attached hydrogens (tertiary/aromatic N) is 3. The summed E-state index contributed by atoms with van der Waals surface area (Å²) in [6.45, 7) is 6.74. The van der Waals surface area contributed by atoms with Gasteiger partial charge in [-0.25, -0.2) is 0 Å². The molecule has 1 aromatic carbocycles. The topological polar surface area (TPSA) is 61.7 Å². The Bertz CT molecular complexity index is 557. The van der Waals surface area contributed by atoms with Crippen LogP contribution in [-0.4, -0.2) is 60.5 Å². The van der Waals surface area contributed by atoms with Crippen LogP contribution in [0.3, 0.4) is 0 Å². The number of hydrogen-bond donors (Lipinski definition) is 1. The molecule has 1 atom stereocenters. The summed E-state index contributed by atoms with van der Waals surface area (Å²) in [5.41, 5.74) is 0.422. The first-order valence-corrected chi connectivity index (χ1v) is 8.26. The average Bonchev–Trinajstić information content (AvgIpc) is 3.08. The van der Waals surface area contributed by atoms with Gasteiger partial charge in [0.15, 0.2) is 0 Å². The molecule has 0 spiro atoms. The number of likely N-dealkylation sites (tertiary alicyclic amines) is 1. The Hall–Kier alpha value is -1.57. The van der Waals surface area contributed by atoms with Crippen molar-refractivity contribution in [2.45, 2.75) is 18.9 Å². The first-order valence-electron chi connectivity index (χ1n) is 8.26. The normalized spacial score (nSPS) is 21.4. The second-order valence-corrected chi connectivity index (χ2v) is 6.28. The Kier molecular flexibility index (Phi) is 5.20. The summed E-state index contributed by atoms with van der Waals surface area (Å²) in [5.74, 6) is -0.763. The third-order valence-corrected chi connectivity index (χ3v) is 4.77. The minimum atomic E-state index is -0.763. The smallest absolute Gasteiger partial charge is 0.305 e. The second kappa shape index (κ2) is 7.33. The Morgan fingerprint density at radius 3 is 2.57 bits per heavy atom. The van der Waals surface area contributed by atoms with E-state index in [0.717, 1.165) is 64.2 Å². The summed E-state index contributed by atoms with van der Waals surface area (Å²) in [7, 11) is 0. The Labute approximate surface area is 135 Å². The van der Waals surface area contributed by atoms with Crippen LogP contribution in [0.15, 0.2) is 18.2 Å². The number of benzene rings is 1. The Morgan fingerprint density at radius 2 is 1.91 bits per heavy atom. The largest absolute Gasteiger partial charge is 0.314 e.